The van der Waals surface area contributed by atoms with Gasteiger partial charge in [0, 0.05) is 46.6 Å². The Balaban J connectivity index is 1.18. The summed E-state index contributed by atoms with van der Waals surface area (Å²) in [6, 6.07) is 66.7. The predicted octanol–water partition coefficient (Wildman–Crippen LogP) is 12.1. The van der Waals surface area contributed by atoms with Gasteiger partial charge in [-0.1, -0.05) is 97.1 Å². The summed E-state index contributed by atoms with van der Waals surface area (Å²) in [5, 5.41) is 0. The molecule has 0 spiro atoms. The number of hydrogen-bond acceptors (Lipinski definition) is 4. The van der Waals surface area contributed by atoms with Gasteiger partial charge in [0.25, 0.3) is 0 Å². The molecule has 0 aromatic heterocycles. The molecule has 48 heavy (non-hydrogen) atoms. The summed E-state index contributed by atoms with van der Waals surface area (Å²) in [5.74, 6) is 0. The lowest BCUT2D eigenvalue weighted by atomic mass is 10.1. The van der Waals surface area contributed by atoms with Crippen molar-refractivity contribution in [1.82, 2.24) is 0 Å². The highest BCUT2D eigenvalue weighted by atomic mass is 15.2. The molecule has 0 atom stereocenters. The average molecular weight is 619 g/mol. The Morgan fingerprint density at radius 2 is 0.521 bits per heavy atom. The van der Waals surface area contributed by atoms with Gasteiger partial charge in [0.15, 0.2) is 0 Å². The molecule has 7 rings (SSSR count). The van der Waals surface area contributed by atoms with Gasteiger partial charge in [0.05, 0.1) is 11.4 Å². The van der Waals surface area contributed by atoms with E-state index in [9.17, 15) is 0 Å². The first-order valence-corrected chi connectivity index (χ1v) is 16.0. The SMILES string of the molecule is C(=N\c1ccccc1)/c1ccc(N(c2ccccc2)c2ccc(N(c3ccccc3)c3ccc(/C=N/c4ccccc4)cc3)cc2)cc1. The van der Waals surface area contributed by atoms with Crippen LogP contribution >= 0.6 is 0 Å². The third kappa shape index (κ3) is 7.30. The van der Waals surface area contributed by atoms with E-state index >= 15 is 0 Å². The molecule has 230 valence electrons. The van der Waals surface area contributed by atoms with Crippen LogP contribution in [0.5, 0.6) is 0 Å². The molecule has 0 N–H and O–H groups in total. The Bertz CT molecular complexity index is 1920. The first-order chi connectivity index (χ1) is 23.8. The molecule has 7 aromatic rings. The highest BCUT2D eigenvalue weighted by Gasteiger charge is 2.16. The molecule has 0 aliphatic carbocycles. The number of rotatable bonds is 10. The van der Waals surface area contributed by atoms with Crippen molar-refractivity contribution in [2.45, 2.75) is 0 Å². The number of hydrogen-bond donors (Lipinski definition) is 0. The van der Waals surface area contributed by atoms with E-state index in [1.54, 1.807) is 0 Å². The highest BCUT2D eigenvalue weighted by Crippen LogP contribution is 2.39. The van der Waals surface area contributed by atoms with E-state index in [1.807, 2.05) is 85.2 Å². The van der Waals surface area contributed by atoms with E-state index < -0.39 is 0 Å². The van der Waals surface area contributed by atoms with Gasteiger partial charge < -0.3 is 9.80 Å². The van der Waals surface area contributed by atoms with Crippen molar-refractivity contribution in [3.8, 4) is 0 Å². The van der Waals surface area contributed by atoms with Gasteiger partial charge in [-0.05, 0) is 108 Å². The van der Waals surface area contributed by atoms with Crippen molar-refractivity contribution < 1.29 is 0 Å². The standard InChI is InChI=1S/C44H34N4/c1-5-13-37(14-6-1)45-33-35-21-25-41(26-22-35)47(39-17-9-3-10-18-39)43-29-31-44(32-30-43)48(40-19-11-4-12-20-40)42-27-23-36(24-28-42)34-46-38-15-7-2-8-16-38/h1-34H/b45-33+,46-34+. The lowest BCUT2D eigenvalue weighted by molar-refractivity contribution is 1.25. The Morgan fingerprint density at radius 1 is 0.271 bits per heavy atom. The topological polar surface area (TPSA) is 31.2 Å². The van der Waals surface area contributed by atoms with Gasteiger partial charge >= 0.3 is 0 Å². The van der Waals surface area contributed by atoms with Gasteiger partial charge in [-0.25, -0.2) is 0 Å². The van der Waals surface area contributed by atoms with Gasteiger partial charge in [0.2, 0.25) is 0 Å². The smallest absolute Gasteiger partial charge is 0.0629 e. The molecule has 0 aliphatic rings. The quantitative estimate of drug-likeness (QED) is 0.143. The van der Waals surface area contributed by atoms with E-state index in [-0.39, 0.29) is 0 Å². The maximum Gasteiger partial charge on any atom is 0.0629 e. The summed E-state index contributed by atoms with van der Waals surface area (Å²) >= 11 is 0. The molecule has 4 nitrogen and oxygen atoms in total. The largest absolute Gasteiger partial charge is 0.311 e. The third-order valence-corrected chi connectivity index (χ3v) is 7.94. The minimum atomic E-state index is 0.935. The fraction of sp³-hybridized carbons (Fsp3) is 0. The minimum absolute atomic E-state index is 0.935. The lowest BCUT2D eigenvalue weighted by Crippen LogP contribution is -2.12. The molecule has 0 unspecified atom stereocenters. The average Bonchev–Trinajstić information content (AvgIpc) is 3.17. The molecule has 0 fully saturated rings. The summed E-state index contributed by atoms with van der Waals surface area (Å²) in [5.41, 5.74) is 10.4. The van der Waals surface area contributed by atoms with Crippen LogP contribution in [0.2, 0.25) is 0 Å². The molecular formula is C44H34N4. The van der Waals surface area contributed by atoms with Crippen molar-refractivity contribution in [3.63, 3.8) is 0 Å². The van der Waals surface area contributed by atoms with Crippen molar-refractivity contribution >= 4 is 57.9 Å². The fourth-order valence-corrected chi connectivity index (χ4v) is 5.54. The van der Waals surface area contributed by atoms with Crippen molar-refractivity contribution in [1.29, 1.82) is 0 Å². The number of aliphatic imine (C=N–C) groups is 2. The summed E-state index contributed by atoms with van der Waals surface area (Å²) < 4.78 is 0. The van der Waals surface area contributed by atoms with Crippen LogP contribution in [-0.4, -0.2) is 12.4 Å². The molecule has 7 aromatic carbocycles. The van der Waals surface area contributed by atoms with Crippen LogP contribution in [0.1, 0.15) is 11.1 Å². The highest BCUT2D eigenvalue weighted by molar-refractivity contribution is 5.86. The maximum atomic E-state index is 4.62. The zero-order valence-corrected chi connectivity index (χ0v) is 26.4. The molecule has 0 radical (unpaired) electrons. The normalized spacial score (nSPS) is 11.2. The van der Waals surface area contributed by atoms with E-state index in [0.717, 1.165) is 56.6 Å². The summed E-state index contributed by atoms with van der Waals surface area (Å²) in [6.07, 6.45) is 3.81. The molecular weight excluding hydrogens is 585 g/mol. The van der Waals surface area contributed by atoms with Crippen LogP contribution in [0.15, 0.2) is 204 Å². The zero-order chi connectivity index (χ0) is 32.4. The first-order valence-electron chi connectivity index (χ1n) is 16.0. The van der Waals surface area contributed by atoms with Crippen LogP contribution < -0.4 is 9.80 Å². The van der Waals surface area contributed by atoms with E-state index in [2.05, 4.69) is 141 Å². The predicted molar refractivity (Wildman–Crippen MR) is 203 cm³/mol. The maximum absolute atomic E-state index is 4.62. The molecule has 0 amide bonds. The Kier molecular flexibility index (Phi) is 9.24. The van der Waals surface area contributed by atoms with Crippen LogP contribution in [0.25, 0.3) is 0 Å². The summed E-state index contributed by atoms with van der Waals surface area (Å²) in [6.45, 7) is 0. The molecule has 0 saturated carbocycles. The number of nitrogens with zero attached hydrogens (tertiary/aromatic N) is 4. The van der Waals surface area contributed by atoms with Crippen molar-refractivity contribution in [2.75, 3.05) is 9.80 Å². The Hall–Kier alpha value is -6.52. The Morgan fingerprint density at radius 3 is 0.833 bits per heavy atom. The van der Waals surface area contributed by atoms with Gasteiger partial charge in [-0.2, -0.15) is 0 Å². The lowest BCUT2D eigenvalue weighted by Gasteiger charge is -2.28. The van der Waals surface area contributed by atoms with Gasteiger partial charge in [-0.15, -0.1) is 0 Å². The van der Waals surface area contributed by atoms with Gasteiger partial charge in [-0.3, -0.25) is 9.98 Å². The van der Waals surface area contributed by atoms with Crippen molar-refractivity contribution in [3.05, 3.63) is 205 Å². The molecule has 0 saturated heterocycles. The second kappa shape index (κ2) is 14.7. The van der Waals surface area contributed by atoms with Crippen LogP contribution in [0.4, 0.5) is 45.5 Å². The number of benzene rings is 7. The summed E-state index contributed by atoms with van der Waals surface area (Å²) in [4.78, 5) is 13.8. The minimum Gasteiger partial charge on any atom is -0.311 e. The zero-order valence-electron chi connectivity index (χ0n) is 26.4. The van der Waals surface area contributed by atoms with E-state index in [0.29, 0.717) is 0 Å². The fourth-order valence-electron chi connectivity index (χ4n) is 5.54. The number of anilines is 6. The van der Waals surface area contributed by atoms with Crippen LogP contribution in [0, 0.1) is 0 Å². The molecule has 0 heterocycles. The van der Waals surface area contributed by atoms with E-state index in [1.165, 1.54) is 0 Å². The Labute approximate surface area is 282 Å². The third-order valence-electron chi connectivity index (χ3n) is 7.94. The van der Waals surface area contributed by atoms with Crippen LogP contribution in [0.3, 0.4) is 0 Å². The second-order valence-corrected chi connectivity index (χ2v) is 11.2. The number of para-hydroxylation sites is 4. The monoisotopic (exact) mass is 618 g/mol. The molecule has 4 heteroatoms. The van der Waals surface area contributed by atoms with Gasteiger partial charge in [0.1, 0.15) is 0 Å². The van der Waals surface area contributed by atoms with Crippen molar-refractivity contribution in [2.24, 2.45) is 9.98 Å². The van der Waals surface area contributed by atoms with E-state index in [4.69, 9.17) is 0 Å². The molecule has 0 bridgehead atoms. The molecule has 0 aliphatic heterocycles. The van der Waals surface area contributed by atoms with Crippen LogP contribution in [-0.2, 0) is 0 Å². The second-order valence-electron chi connectivity index (χ2n) is 11.2. The summed E-state index contributed by atoms with van der Waals surface area (Å²) in [7, 11) is 0. The first kappa shape index (κ1) is 30.2.